The van der Waals surface area contributed by atoms with Gasteiger partial charge in [0.1, 0.15) is 18.4 Å². The molecule has 0 N–H and O–H groups in total. The summed E-state index contributed by atoms with van der Waals surface area (Å²) in [5.74, 6) is 0.558. The third-order valence-electron chi connectivity index (χ3n) is 5.31. The van der Waals surface area contributed by atoms with E-state index in [1.54, 1.807) is 12.0 Å². The Labute approximate surface area is 169 Å². The summed E-state index contributed by atoms with van der Waals surface area (Å²) in [6.07, 6.45) is 2.37. The summed E-state index contributed by atoms with van der Waals surface area (Å²) < 4.78 is 16.5. The third-order valence-corrected chi connectivity index (χ3v) is 5.31. The summed E-state index contributed by atoms with van der Waals surface area (Å²) in [5.41, 5.74) is 3.53. The van der Waals surface area contributed by atoms with Gasteiger partial charge in [0.25, 0.3) is 0 Å². The lowest BCUT2D eigenvalue weighted by Gasteiger charge is -2.43. The fraction of sp³-hybridized carbons (Fsp3) is 0.304. The molecular formula is C23H22N2O4. The van der Waals surface area contributed by atoms with Crippen molar-refractivity contribution in [2.24, 2.45) is 0 Å². The molecule has 0 radical (unpaired) electrons. The summed E-state index contributed by atoms with van der Waals surface area (Å²) >= 11 is 0. The highest BCUT2D eigenvalue weighted by Crippen LogP contribution is 2.34. The third kappa shape index (κ3) is 3.96. The predicted octanol–water partition coefficient (Wildman–Crippen LogP) is 3.76. The molecule has 1 amide bonds. The number of carbonyl (C=O) groups is 1. The number of benzene rings is 2. The van der Waals surface area contributed by atoms with Crippen LogP contribution in [0.25, 0.3) is 5.57 Å². The quantitative estimate of drug-likeness (QED) is 0.795. The number of nitrogens with zero attached hydrogens (tertiary/aromatic N) is 2. The van der Waals surface area contributed by atoms with Gasteiger partial charge in [-0.05, 0) is 35.3 Å². The van der Waals surface area contributed by atoms with Crippen molar-refractivity contribution >= 4 is 11.7 Å². The van der Waals surface area contributed by atoms with Crippen LogP contribution in [-0.4, -0.2) is 43.4 Å². The molecule has 0 spiro atoms. The molecule has 2 aliphatic rings. The molecule has 1 saturated heterocycles. The van der Waals surface area contributed by atoms with E-state index in [1.807, 2.05) is 54.6 Å². The van der Waals surface area contributed by atoms with E-state index in [2.05, 4.69) is 6.07 Å². The Morgan fingerprint density at radius 3 is 2.79 bits per heavy atom. The van der Waals surface area contributed by atoms with Gasteiger partial charge in [-0.15, -0.1) is 0 Å². The Balaban J connectivity index is 1.53. The van der Waals surface area contributed by atoms with Gasteiger partial charge in [-0.2, -0.15) is 5.26 Å². The Hall–Kier alpha value is -3.30. The highest BCUT2D eigenvalue weighted by atomic mass is 16.6. The molecule has 6 nitrogen and oxygen atoms in total. The Kier molecular flexibility index (Phi) is 5.50. The molecule has 4 rings (SSSR count). The Bertz CT molecular complexity index is 965. The van der Waals surface area contributed by atoms with Crippen LogP contribution in [0.2, 0.25) is 0 Å². The standard InChI is InChI=1S/C23H22N2O4/c1-27-22-8-7-17(9-19(22)12-24)18-10-20-14-28-15-21(11-18)25(20)23(26)29-13-16-5-3-2-4-6-16/h2-10,20-21H,11,13-15H2,1H3. The van der Waals surface area contributed by atoms with Crippen LogP contribution in [0.1, 0.15) is 23.1 Å². The minimum Gasteiger partial charge on any atom is -0.495 e. The average molecular weight is 390 g/mol. The number of nitriles is 1. The van der Waals surface area contributed by atoms with Crippen LogP contribution in [0.4, 0.5) is 4.79 Å². The summed E-state index contributed by atoms with van der Waals surface area (Å²) in [4.78, 5) is 14.6. The van der Waals surface area contributed by atoms with Crippen molar-refractivity contribution in [3.8, 4) is 11.8 Å². The van der Waals surface area contributed by atoms with Crippen molar-refractivity contribution in [3.05, 3.63) is 71.3 Å². The molecule has 2 atom stereocenters. The van der Waals surface area contributed by atoms with E-state index in [1.165, 1.54) is 0 Å². The zero-order valence-electron chi connectivity index (χ0n) is 16.2. The molecule has 148 valence electrons. The molecule has 6 heteroatoms. The second-order valence-corrected chi connectivity index (χ2v) is 7.13. The normalized spacial score (nSPS) is 20.4. The van der Waals surface area contributed by atoms with Crippen LogP contribution in [0, 0.1) is 11.3 Å². The maximum atomic E-state index is 12.8. The van der Waals surface area contributed by atoms with Crippen molar-refractivity contribution in [1.29, 1.82) is 5.26 Å². The summed E-state index contributed by atoms with van der Waals surface area (Å²) in [6.45, 7) is 1.15. The summed E-state index contributed by atoms with van der Waals surface area (Å²) in [7, 11) is 1.55. The van der Waals surface area contributed by atoms with Gasteiger partial charge in [-0.1, -0.05) is 42.5 Å². The smallest absolute Gasteiger partial charge is 0.411 e. The van der Waals surface area contributed by atoms with Crippen molar-refractivity contribution in [3.63, 3.8) is 0 Å². The van der Waals surface area contributed by atoms with E-state index in [-0.39, 0.29) is 24.8 Å². The van der Waals surface area contributed by atoms with Crippen LogP contribution in [-0.2, 0) is 16.1 Å². The van der Waals surface area contributed by atoms with Gasteiger partial charge >= 0.3 is 6.09 Å². The molecule has 2 bridgehead atoms. The largest absolute Gasteiger partial charge is 0.495 e. The molecule has 29 heavy (non-hydrogen) atoms. The topological polar surface area (TPSA) is 71.8 Å². The molecule has 0 aromatic heterocycles. The van der Waals surface area contributed by atoms with Crippen molar-refractivity contribution in [1.82, 2.24) is 4.90 Å². The first-order valence-corrected chi connectivity index (χ1v) is 9.55. The lowest BCUT2D eigenvalue weighted by Crippen LogP contribution is -2.56. The minimum absolute atomic E-state index is 0.0929. The highest BCUT2D eigenvalue weighted by Gasteiger charge is 2.39. The number of ether oxygens (including phenoxy) is 3. The van der Waals surface area contributed by atoms with Crippen LogP contribution in [0.3, 0.4) is 0 Å². The monoisotopic (exact) mass is 390 g/mol. The molecule has 2 aromatic carbocycles. The fourth-order valence-corrected chi connectivity index (χ4v) is 3.88. The van der Waals surface area contributed by atoms with Gasteiger partial charge in [0.2, 0.25) is 0 Å². The zero-order valence-corrected chi connectivity index (χ0v) is 16.2. The molecule has 2 aromatic rings. The minimum atomic E-state index is -0.324. The summed E-state index contributed by atoms with van der Waals surface area (Å²) in [6, 6.07) is 17.1. The first-order valence-electron chi connectivity index (χ1n) is 9.55. The molecule has 0 aliphatic carbocycles. The molecule has 0 saturated carbocycles. The molecule has 1 fully saturated rings. The fourth-order valence-electron chi connectivity index (χ4n) is 3.88. The van der Waals surface area contributed by atoms with Gasteiger partial charge in [0.15, 0.2) is 0 Å². The second-order valence-electron chi connectivity index (χ2n) is 7.13. The maximum absolute atomic E-state index is 12.8. The van der Waals surface area contributed by atoms with Crippen LogP contribution in [0.15, 0.2) is 54.6 Å². The van der Waals surface area contributed by atoms with Gasteiger partial charge in [-0.25, -0.2) is 4.79 Å². The van der Waals surface area contributed by atoms with Gasteiger partial charge in [0, 0.05) is 0 Å². The molecule has 2 aliphatic heterocycles. The van der Waals surface area contributed by atoms with Crippen molar-refractivity contribution in [2.75, 3.05) is 20.3 Å². The second kappa shape index (κ2) is 8.38. The van der Waals surface area contributed by atoms with Gasteiger partial charge in [-0.3, -0.25) is 4.90 Å². The van der Waals surface area contributed by atoms with Crippen molar-refractivity contribution in [2.45, 2.75) is 25.1 Å². The molecule has 2 heterocycles. The number of rotatable bonds is 4. The SMILES string of the molecule is COc1ccc(C2=CC3COCC(C2)N3C(=O)OCc2ccccc2)cc1C#N. The van der Waals surface area contributed by atoms with E-state index in [9.17, 15) is 10.1 Å². The van der Waals surface area contributed by atoms with Crippen LogP contribution in [0.5, 0.6) is 5.75 Å². The van der Waals surface area contributed by atoms with E-state index in [4.69, 9.17) is 14.2 Å². The maximum Gasteiger partial charge on any atom is 0.411 e. The number of methoxy groups -OCH3 is 1. The predicted molar refractivity (Wildman–Crippen MR) is 107 cm³/mol. The van der Waals surface area contributed by atoms with Crippen molar-refractivity contribution < 1.29 is 19.0 Å². The lowest BCUT2D eigenvalue weighted by atomic mass is 9.89. The van der Waals surface area contributed by atoms with Crippen LogP contribution >= 0.6 is 0 Å². The molecular weight excluding hydrogens is 368 g/mol. The average Bonchev–Trinajstić information content (AvgIpc) is 2.76. The number of morpholine rings is 1. The van der Waals surface area contributed by atoms with E-state index >= 15 is 0 Å². The van der Waals surface area contributed by atoms with E-state index in [0.717, 1.165) is 16.7 Å². The van der Waals surface area contributed by atoms with E-state index < -0.39 is 0 Å². The Morgan fingerprint density at radius 2 is 2.07 bits per heavy atom. The van der Waals surface area contributed by atoms with Gasteiger partial charge < -0.3 is 14.2 Å². The number of carbonyl (C=O) groups excluding carboxylic acids is 1. The number of amides is 1. The van der Waals surface area contributed by atoms with Crippen LogP contribution < -0.4 is 4.74 Å². The zero-order chi connectivity index (χ0) is 20.2. The number of fused-ring (bicyclic) bond motifs is 2. The first-order chi connectivity index (χ1) is 14.2. The lowest BCUT2D eigenvalue weighted by molar-refractivity contribution is -0.0342. The van der Waals surface area contributed by atoms with Gasteiger partial charge in [0.05, 0.1) is 38.0 Å². The number of hydrogen-bond acceptors (Lipinski definition) is 5. The molecule has 2 unspecified atom stereocenters. The van der Waals surface area contributed by atoms with E-state index in [0.29, 0.717) is 30.9 Å². The first kappa shape index (κ1) is 19.0. The number of hydrogen-bond donors (Lipinski definition) is 0. The summed E-state index contributed by atoms with van der Waals surface area (Å²) in [5, 5.41) is 9.36. The Morgan fingerprint density at radius 1 is 1.24 bits per heavy atom. The highest BCUT2D eigenvalue weighted by molar-refractivity contribution is 5.75.